The molecule has 5 atom stereocenters. The van der Waals surface area contributed by atoms with Crippen LogP contribution in [-0.4, -0.2) is 79.1 Å². The number of nitrogens with zero attached hydrogens (tertiary/aromatic N) is 3. The Morgan fingerprint density at radius 3 is 1.96 bits per heavy atom. The third-order valence-corrected chi connectivity index (χ3v) is 11.1. The number of hydrogen-bond donors (Lipinski definition) is 1. The molecule has 1 unspecified atom stereocenters. The zero-order chi connectivity index (χ0) is 40.6. The van der Waals surface area contributed by atoms with E-state index < -0.39 is 56.5 Å². The minimum atomic E-state index is -2.73. The quantitative estimate of drug-likeness (QED) is 0.0709. The largest absolute Gasteiger partial charge is 0.497 e. The smallest absolute Gasteiger partial charge is 0.330 e. The molecule has 4 aromatic rings. The fraction of sp³-hybridized carbons (Fsp3) is 0.425. The Morgan fingerprint density at radius 2 is 1.46 bits per heavy atom. The number of methoxy groups -OCH3 is 3. The molecule has 54 heavy (non-hydrogen) atoms. The Balaban J connectivity index is 1.73. The lowest BCUT2D eigenvalue weighted by molar-refractivity contribution is -0.0957. The maximum Gasteiger partial charge on any atom is 0.330 e. The van der Waals surface area contributed by atoms with Gasteiger partial charge in [0.05, 0.1) is 42.6 Å². The van der Waals surface area contributed by atoms with Gasteiger partial charge in [0, 0.05) is 31.5 Å². The lowest BCUT2D eigenvalue weighted by Gasteiger charge is -2.39. The SMILES string of the molecule is [2H]C([2H])(OC(c1ccccc1)(c1ccc(OC)cc1)c1ccc(OC)cc1)[C@H]1O[C@@H](n2ccc(=O)[nH]c2=O)[C@H](OC)[C@@H]1OP(OCCC#N)N(C(C)C)C(C)C. The van der Waals surface area contributed by atoms with Crippen molar-refractivity contribution in [1.82, 2.24) is 14.2 Å². The molecule has 1 aliphatic heterocycles. The Bertz CT molecular complexity index is 1970. The number of aromatic amines is 1. The van der Waals surface area contributed by atoms with Gasteiger partial charge in [-0.3, -0.25) is 14.3 Å². The van der Waals surface area contributed by atoms with Gasteiger partial charge in [-0.05, 0) is 68.7 Å². The third kappa shape index (κ3) is 8.94. The lowest BCUT2D eigenvalue weighted by atomic mass is 9.80. The van der Waals surface area contributed by atoms with Crippen molar-refractivity contribution in [1.29, 1.82) is 5.26 Å². The first-order valence-electron chi connectivity index (χ1n) is 18.6. The summed E-state index contributed by atoms with van der Waals surface area (Å²) in [5.74, 6) is 1.17. The number of aromatic nitrogens is 2. The highest BCUT2D eigenvalue weighted by Crippen LogP contribution is 2.51. The van der Waals surface area contributed by atoms with Crippen molar-refractivity contribution < 1.29 is 35.5 Å². The molecule has 0 spiro atoms. The molecule has 3 aromatic carbocycles. The summed E-state index contributed by atoms with van der Waals surface area (Å²) in [5, 5.41) is 9.35. The second-order valence-electron chi connectivity index (χ2n) is 13.0. The molecule has 1 aromatic heterocycles. The molecule has 5 rings (SSSR count). The van der Waals surface area contributed by atoms with Crippen LogP contribution < -0.4 is 20.7 Å². The maximum atomic E-state index is 13.2. The van der Waals surface area contributed by atoms with Crippen LogP contribution in [0.2, 0.25) is 0 Å². The van der Waals surface area contributed by atoms with Crippen LogP contribution in [0.15, 0.2) is 101 Å². The second kappa shape index (κ2) is 18.8. The zero-order valence-electron chi connectivity index (χ0n) is 33.5. The van der Waals surface area contributed by atoms with Gasteiger partial charge in [-0.2, -0.15) is 5.26 Å². The number of nitrogens with one attached hydrogen (secondary N) is 1. The fourth-order valence-corrected chi connectivity index (χ4v) is 8.24. The number of benzene rings is 3. The van der Waals surface area contributed by atoms with Crippen LogP contribution in [0.5, 0.6) is 11.5 Å². The Kier molecular flexibility index (Phi) is 13.2. The van der Waals surface area contributed by atoms with E-state index in [0.29, 0.717) is 28.2 Å². The predicted molar refractivity (Wildman–Crippen MR) is 204 cm³/mol. The van der Waals surface area contributed by atoms with Crippen molar-refractivity contribution in [3.05, 3.63) is 129 Å². The summed E-state index contributed by atoms with van der Waals surface area (Å²) in [7, 11) is 2.54. The highest BCUT2D eigenvalue weighted by atomic mass is 31.2. The number of H-pyrrole nitrogens is 1. The highest BCUT2D eigenvalue weighted by Gasteiger charge is 2.51. The normalized spacial score (nSPS) is 20.1. The first-order chi connectivity index (χ1) is 26.8. The topological polar surface area (TPSA) is 147 Å². The summed E-state index contributed by atoms with van der Waals surface area (Å²) in [6.07, 6.45) is -3.91. The van der Waals surface area contributed by atoms with E-state index in [2.05, 4.69) is 11.1 Å². The minimum Gasteiger partial charge on any atom is -0.497 e. The fourth-order valence-electron chi connectivity index (χ4n) is 6.50. The standard InChI is InChI=1S/C40H49N4O9P/c1-27(2)44(28(3)4)54(51-25-11-23-41)53-36-34(52-38(37(36)49-7)43-24-22-35(45)42-39(43)46)26-50-40(29-12-9-8-10-13-29,30-14-18-32(47-5)19-15-30)31-16-20-33(48-6)21-17-31/h8-10,12-22,24,27-28,34,36-38H,11,25-26H2,1-7H3,(H,42,45,46)/t34-,36-,37-,38-,54?/m1/s1/i26D2. The molecular weight excluding hydrogens is 711 g/mol. The van der Waals surface area contributed by atoms with Crippen molar-refractivity contribution in [2.45, 2.75) is 76.3 Å². The van der Waals surface area contributed by atoms with E-state index in [-0.39, 0.29) is 25.1 Å². The van der Waals surface area contributed by atoms with E-state index in [1.54, 1.807) is 38.5 Å². The van der Waals surface area contributed by atoms with Crippen LogP contribution in [0.25, 0.3) is 0 Å². The monoisotopic (exact) mass is 762 g/mol. The molecule has 1 saturated heterocycles. The molecule has 1 aliphatic rings. The van der Waals surface area contributed by atoms with E-state index in [1.165, 1.54) is 13.3 Å². The van der Waals surface area contributed by atoms with Gasteiger partial charge in [-0.25, -0.2) is 9.46 Å². The number of rotatable bonds is 18. The summed E-state index contributed by atoms with van der Waals surface area (Å²) >= 11 is 0. The molecule has 14 heteroatoms. The summed E-state index contributed by atoms with van der Waals surface area (Å²) in [5.41, 5.74) is -1.30. The average molecular weight is 763 g/mol. The van der Waals surface area contributed by atoms with Crippen LogP contribution in [0.3, 0.4) is 0 Å². The van der Waals surface area contributed by atoms with E-state index in [4.69, 9.17) is 32.7 Å². The molecule has 0 saturated carbocycles. The van der Waals surface area contributed by atoms with Gasteiger partial charge in [0.15, 0.2) is 6.23 Å². The van der Waals surface area contributed by atoms with Gasteiger partial charge >= 0.3 is 5.69 Å². The highest BCUT2D eigenvalue weighted by molar-refractivity contribution is 7.44. The lowest BCUT2D eigenvalue weighted by Crippen LogP contribution is -2.43. The number of nitriles is 1. The molecule has 0 aliphatic carbocycles. The van der Waals surface area contributed by atoms with Crippen LogP contribution >= 0.6 is 8.53 Å². The second-order valence-corrected chi connectivity index (χ2v) is 14.4. The van der Waals surface area contributed by atoms with Crippen molar-refractivity contribution in [3.8, 4) is 17.6 Å². The van der Waals surface area contributed by atoms with Crippen LogP contribution in [-0.2, 0) is 28.9 Å². The Morgan fingerprint density at radius 1 is 0.889 bits per heavy atom. The third-order valence-electron chi connectivity index (χ3n) is 8.96. The minimum absolute atomic E-state index is 0.0479. The van der Waals surface area contributed by atoms with Crippen molar-refractivity contribution >= 4 is 8.53 Å². The van der Waals surface area contributed by atoms with E-state index >= 15 is 0 Å². The Labute approximate surface area is 320 Å². The summed E-state index contributed by atoms with van der Waals surface area (Å²) < 4.78 is 66.5. The molecular formula is C40H49N4O9P. The summed E-state index contributed by atoms with van der Waals surface area (Å²) in [6.45, 7) is 5.23. The molecule has 0 amide bonds. The summed E-state index contributed by atoms with van der Waals surface area (Å²) in [4.78, 5) is 27.6. The van der Waals surface area contributed by atoms with Crippen molar-refractivity contribution in [2.75, 3.05) is 34.5 Å². The van der Waals surface area contributed by atoms with E-state index in [0.717, 1.165) is 10.6 Å². The van der Waals surface area contributed by atoms with Crippen molar-refractivity contribution in [3.63, 3.8) is 0 Å². The first-order valence-corrected chi connectivity index (χ1v) is 18.7. The van der Waals surface area contributed by atoms with E-state index in [9.17, 15) is 17.6 Å². The molecule has 1 N–H and O–H groups in total. The van der Waals surface area contributed by atoms with Crippen LogP contribution in [0.1, 0.15) is 59.8 Å². The van der Waals surface area contributed by atoms with Gasteiger partial charge in [-0.1, -0.05) is 54.6 Å². The molecule has 0 bridgehead atoms. The maximum absolute atomic E-state index is 13.2. The van der Waals surface area contributed by atoms with Crippen LogP contribution in [0, 0.1) is 11.3 Å². The molecule has 2 heterocycles. The molecule has 13 nitrogen and oxygen atoms in total. The first kappa shape index (κ1) is 37.9. The number of ether oxygens (including phenoxy) is 5. The van der Waals surface area contributed by atoms with Gasteiger partial charge in [0.2, 0.25) is 0 Å². The molecule has 0 radical (unpaired) electrons. The molecule has 1 fully saturated rings. The van der Waals surface area contributed by atoms with E-state index in [1.807, 2.05) is 87.0 Å². The van der Waals surface area contributed by atoms with Gasteiger partial charge in [-0.15, -0.1) is 0 Å². The van der Waals surface area contributed by atoms with Gasteiger partial charge in [0.25, 0.3) is 14.1 Å². The van der Waals surface area contributed by atoms with Gasteiger partial charge < -0.3 is 32.7 Å². The summed E-state index contributed by atoms with van der Waals surface area (Å²) in [6, 6.07) is 26.6. The van der Waals surface area contributed by atoms with Crippen LogP contribution in [0.4, 0.5) is 0 Å². The molecule has 288 valence electrons. The predicted octanol–water partition coefficient (Wildman–Crippen LogP) is 6.14. The average Bonchev–Trinajstić information content (AvgIpc) is 3.55. The Hall–Kier alpha value is -4.38. The van der Waals surface area contributed by atoms with Crippen molar-refractivity contribution in [2.24, 2.45) is 0 Å². The zero-order valence-corrected chi connectivity index (χ0v) is 32.4. The van der Waals surface area contributed by atoms with Gasteiger partial charge in [0.1, 0.15) is 35.4 Å². The number of hydrogen-bond acceptors (Lipinski definition) is 11.